The van der Waals surface area contributed by atoms with Gasteiger partial charge in [0.1, 0.15) is 5.75 Å². The van der Waals surface area contributed by atoms with Gasteiger partial charge >= 0.3 is 0 Å². The molecule has 0 aliphatic carbocycles. The SMILES string of the molecule is CC(C)COc1cccc(NC(C)c2cc(Cl)sc2Cl)c1. The molecule has 0 fully saturated rings. The van der Waals surface area contributed by atoms with Gasteiger partial charge in [-0.15, -0.1) is 11.3 Å². The van der Waals surface area contributed by atoms with Crippen LogP contribution in [0.1, 0.15) is 32.4 Å². The van der Waals surface area contributed by atoms with E-state index in [1.165, 1.54) is 11.3 Å². The van der Waals surface area contributed by atoms with Gasteiger partial charge in [0.25, 0.3) is 0 Å². The first-order chi connectivity index (χ1) is 9.95. The standard InChI is InChI=1S/C16H19Cl2NOS/c1-10(2)9-20-13-6-4-5-12(7-13)19-11(3)14-8-15(17)21-16(14)18/h4-8,10-11,19H,9H2,1-3H3. The maximum absolute atomic E-state index is 6.19. The van der Waals surface area contributed by atoms with Gasteiger partial charge in [-0.2, -0.15) is 0 Å². The Morgan fingerprint density at radius 2 is 1.95 bits per heavy atom. The molecule has 0 aliphatic heterocycles. The molecule has 2 nitrogen and oxygen atoms in total. The van der Waals surface area contributed by atoms with E-state index < -0.39 is 0 Å². The van der Waals surface area contributed by atoms with Gasteiger partial charge in [-0.05, 0) is 31.0 Å². The number of benzene rings is 1. The van der Waals surface area contributed by atoms with Crippen LogP contribution in [0, 0.1) is 5.92 Å². The molecule has 1 aromatic heterocycles. The number of ether oxygens (including phenoxy) is 1. The molecule has 0 radical (unpaired) electrons. The van der Waals surface area contributed by atoms with Crippen molar-refractivity contribution in [2.75, 3.05) is 11.9 Å². The lowest BCUT2D eigenvalue weighted by atomic mass is 10.1. The summed E-state index contributed by atoms with van der Waals surface area (Å²) < 4.78 is 7.17. The fourth-order valence-electron chi connectivity index (χ4n) is 1.91. The molecule has 2 rings (SSSR count). The molecular weight excluding hydrogens is 325 g/mol. The molecule has 1 heterocycles. The first-order valence-electron chi connectivity index (χ1n) is 6.90. The van der Waals surface area contributed by atoms with Gasteiger partial charge in [-0.25, -0.2) is 0 Å². The molecule has 0 amide bonds. The summed E-state index contributed by atoms with van der Waals surface area (Å²) in [6, 6.07) is 9.95. The van der Waals surface area contributed by atoms with Gasteiger partial charge < -0.3 is 10.1 Å². The molecule has 1 aromatic carbocycles. The quantitative estimate of drug-likeness (QED) is 0.667. The molecule has 0 saturated carbocycles. The molecular formula is C16H19Cl2NOS. The zero-order valence-corrected chi connectivity index (χ0v) is 14.6. The topological polar surface area (TPSA) is 21.3 Å². The summed E-state index contributed by atoms with van der Waals surface area (Å²) in [5, 5.41) is 3.42. The van der Waals surface area contributed by atoms with Crippen molar-refractivity contribution in [2.24, 2.45) is 5.92 Å². The molecule has 2 aromatic rings. The van der Waals surface area contributed by atoms with Crippen LogP contribution in [0.15, 0.2) is 30.3 Å². The molecule has 1 unspecified atom stereocenters. The molecule has 5 heteroatoms. The number of hydrogen-bond donors (Lipinski definition) is 1. The monoisotopic (exact) mass is 343 g/mol. The van der Waals surface area contributed by atoms with E-state index in [0.29, 0.717) is 16.9 Å². The van der Waals surface area contributed by atoms with E-state index in [-0.39, 0.29) is 6.04 Å². The summed E-state index contributed by atoms with van der Waals surface area (Å²) in [7, 11) is 0. The van der Waals surface area contributed by atoms with E-state index in [1.807, 2.05) is 30.3 Å². The van der Waals surface area contributed by atoms with Crippen molar-refractivity contribution in [2.45, 2.75) is 26.8 Å². The van der Waals surface area contributed by atoms with Gasteiger partial charge in [0.15, 0.2) is 0 Å². The Bertz CT molecular complexity index is 598. The number of nitrogens with one attached hydrogen (secondary N) is 1. The van der Waals surface area contributed by atoms with Crippen molar-refractivity contribution >= 4 is 40.2 Å². The van der Waals surface area contributed by atoms with Gasteiger partial charge in [0, 0.05) is 17.3 Å². The van der Waals surface area contributed by atoms with Gasteiger partial charge in [0.05, 0.1) is 21.3 Å². The minimum absolute atomic E-state index is 0.0848. The Labute approximate surface area is 140 Å². The average molecular weight is 344 g/mol. The van der Waals surface area contributed by atoms with Crippen LogP contribution in [0.5, 0.6) is 5.75 Å². The van der Waals surface area contributed by atoms with E-state index in [1.54, 1.807) is 0 Å². The Hall–Kier alpha value is -0.900. The maximum Gasteiger partial charge on any atom is 0.121 e. The van der Waals surface area contributed by atoms with E-state index in [9.17, 15) is 0 Å². The third-order valence-electron chi connectivity index (χ3n) is 2.95. The third-order valence-corrected chi connectivity index (χ3v) is 4.47. The van der Waals surface area contributed by atoms with Crippen molar-refractivity contribution in [3.63, 3.8) is 0 Å². The fourth-order valence-corrected chi connectivity index (χ4v) is 3.56. The average Bonchev–Trinajstić information content (AvgIpc) is 2.76. The summed E-state index contributed by atoms with van der Waals surface area (Å²) in [6.45, 7) is 7.04. The number of rotatable bonds is 6. The lowest BCUT2D eigenvalue weighted by Gasteiger charge is -2.16. The largest absolute Gasteiger partial charge is 0.493 e. The second kappa shape index (κ2) is 7.39. The third kappa shape index (κ3) is 4.80. The number of thiophene rings is 1. The van der Waals surface area contributed by atoms with Crippen LogP contribution in [-0.2, 0) is 0 Å². The minimum atomic E-state index is 0.0848. The van der Waals surface area contributed by atoms with Crippen LogP contribution >= 0.6 is 34.5 Å². The molecule has 1 atom stereocenters. The van der Waals surface area contributed by atoms with Crippen molar-refractivity contribution in [1.82, 2.24) is 0 Å². The molecule has 21 heavy (non-hydrogen) atoms. The van der Waals surface area contributed by atoms with E-state index in [2.05, 4.69) is 26.1 Å². The number of hydrogen-bond acceptors (Lipinski definition) is 3. The number of anilines is 1. The van der Waals surface area contributed by atoms with E-state index in [0.717, 1.165) is 21.3 Å². The highest BCUT2D eigenvalue weighted by atomic mass is 35.5. The molecule has 0 bridgehead atoms. The molecule has 0 saturated heterocycles. The van der Waals surface area contributed by atoms with Crippen LogP contribution < -0.4 is 10.1 Å². The van der Waals surface area contributed by atoms with Gasteiger partial charge in [0.2, 0.25) is 0 Å². The molecule has 0 aliphatic rings. The van der Waals surface area contributed by atoms with Gasteiger partial charge in [-0.3, -0.25) is 0 Å². The molecule has 1 N–H and O–H groups in total. The second-order valence-electron chi connectivity index (χ2n) is 5.38. The van der Waals surface area contributed by atoms with Crippen LogP contribution in [0.4, 0.5) is 5.69 Å². The van der Waals surface area contributed by atoms with Crippen molar-refractivity contribution in [3.8, 4) is 5.75 Å². The van der Waals surface area contributed by atoms with Crippen LogP contribution in [0.3, 0.4) is 0 Å². The van der Waals surface area contributed by atoms with E-state index >= 15 is 0 Å². The summed E-state index contributed by atoms with van der Waals surface area (Å²) in [6.07, 6.45) is 0. The Balaban J connectivity index is 2.05. The van der Waals surface area contributed by atoms with Crippen molar-refractivity contribution < 1.29 is 4.74 Å². The Kier molecular flexibility index (Phi) is 5.80. The summed E-state index contributed by atoms with van der Waals surface area (Å²) in [5.41, 5.74) is 2.02. The smallest absolute Gasteiger partial charge is 0.121 e. The summed E-state index contributed by atoms with van der Waals surface area (Å²) in [4.78, 5) is 0. The Morgan fingerprint density at radius 3 is 2.57 bits per heavy atom. The number of halogens is 2. The van der Waals surface area contributed by atoms with Crippen LogP contribution in [0.25, 0.3) is 0 Å². The minimum Gasteiger partial charge on any atom is -0.493 e. The molecule has 114 valence electrons. The lowest BCUT2D eigenvalue weighted by Crippen LogP contribution is -2.07. The maximum atomic E-state index is 6.19. The fraction of sp³-hybridized carbons (Fsp3) is 0.375. The second-order valence-corrected chi connectivity index (χ2v) is 7.66. The van der Waals surface area contributed by atoms with Crippen LogP contribution in [0.2, 0.25) is 8.67 Å². The van der Waals surface area contributed by atoms with Crippen molar-refractivity contribution in [1.29, 1.82) is 0 Å². The van der Waals surface area contributed by atoms with E-state index in [4.69, 9.17) is 27.9 Å². The zero-order chi connectivity index (χ0) is 15.4. The predicted molar refractivity (Wildman–Crippen MR) is 93.2 cm³/mol. The highest BCUT2D eigenvalue weighted by molar-refractivity contribution is 7.20. The van der Waals surface area contributed by atoms with Gasteiger partial charge in [-0.1, -0.05) is 43.1 Å². The Morgan fingerprint density at radius 1 is 1.19 bits per heavy atom. The summed E-state index contributed by atoms with van der Waals surface area (Å²) in [5.74, 6) is 1.38. The highest BCUT2D eigenvalue weighted by Gasteiger charge is 2.13. The van der Waals surface area contributed by atoms with Crippen LogP contribution in [-0.4, -0.2) is 6.61 Å². The highest BCUT2D eigenvalue weighted by Crippen LogP contribution is 2.36. The molecule has 0 spiro atoms. The first-order valence-corrected chi connectivity index (χ1v) is 8.47. The normalized spacial score (nSPS) is 12.5. The lowest BCUT2D eigenvalue weighted by molar-refractivity contribution is 0.271. The zero-order valence-electron chi connectivity index (χ0n) is 12.3. The van der Waals surface area contributed by atoms with Crippen molar-refractivity contribution in [3.05, 3.63) is 44.6 Å². The predicted octanol–water partition coefficient (Wildman–Crippen LogP) is 6.26. The summed E-state index contributed by atoms with van der Waals surface area (Å²) >= 11 is 13.6. The first kappa shape index (κ1) is 16.5.